The van der Waals surface area contributed by atoms with E-state index in [2.05, 4.69) is 10.3 Å². The number of halogens is 2. The van der Waals surface area contributed by atoms with E-state index < -0.39 is 5.25 Å². The number of carbonyl (C=O) groups is 2. The molecular weight excluding hydrogens is 457 g/mol. The minimum Gasteiger partial charge on any atom is -0.467 e. The highest BCUT2D eigenvalue weighted by Crippen LogP contribution is 2.34. The summed E-state index contributed by atoms with van der Waals surface area (Å²) in [6.07, 6.45) is 1.52. The van der Waals surface area contributed by atoms with Gasteiger partial charge in [0.05, 0.1) is 34.2 Å². The fraction of sp³-hybridized carbons (Fsp3) is 0.136. The van der Waals surface area contributed by atoms with Crippen molar-refractivity contribution in [3.8, 4) is 0 Å². The zero-order valence-corrected chi connectivity index (χ0v) is 18.5. The number of benzene rings is 2. The van der Waals surface area contributed by atoms with Gasteiger partial charge in [-0.3, -0.25) is 14.5 Å². The minimum absolute atomic E-state index is 0.0329. The van der Waals surface area contributed by atoms with Gasteiger partial charge in [-0.2, -0.15) is 0 Å². The number of thioether (sulfide) groups is 1. The van der Waals surface area contributed by atoms with Crippen LogP contribution in [-0.2, 0) is 16.1 Å². The summed E-state index contributed by atoms with van der Waals surface area (Å²) < 4.78 is 5.40. The molecule has 9 heteroatoms. The van der Waals surface area contributed by atoms with E-state index in [1.165, 1.54) is 11.8 Å². The Balaban J connectivity index is 1.52. The fourth-order valence-corrected chi connectivity index (χ4v) is 4.52. The maximum atomic E-state index is 13.1. The van der Waals surface area contributed by atoms with E-state index in [1.54, 1.807) is 41.5 Å². The van der Waals surface area contributed by atoms with Gasteiger partial charge in [0.2, 0.25) is 11.8 Å². The maximum absolute atomic E-state index is 13.1. The largest absolute Gasteiger partial charge is 0.467 e. The summed E-state index contributed by atoms with van der Waals surface area (Å²) in [7, 11) is 0. The van der Waals surface area contributed by atoms with Crippen LogP contribution in [0.25, 0.3) is 0 Å². The molecule has 1 N–H and O–H groups in total. The number of para-hydroxylation sites is 1. The monoisotopic (exact) mass is 473 g/mol. The van der Waals surface area contributed by atoms with Gasteiger partial charge >= 0.3 is 0 Å². The molecule has 0 aliphatic carbocycles. The van der Waals surface area contributed by atoms with Gasteiger partial charge in [0.1, 0.15) is 11.0 Å². The Morgan fingerprint density at radius 2 is 1.90 bits per heavy atom. The number of nitrogens with one attached hydrogen (secondary N) is 1. The smallest absolute Gasteiger partial charge is 0.243 e. The number of amidine groups is 1. The molecule has 158 valence electrons. The van der Waals surface area contributed by atoms with Gasteiger partial charge in [-0.25, -0.2) is 4.99 Å². The van der Waals surface area contributed by atoms with Crippen molar-refractivity contribution in [1.82, 2.24) is 4.90 Å². The van der Waals surface area contributed by atoms with Crippen molar-refractivity contribution < 1.29 is 14.0 Å². The molecule has 1 fully saturated rings. The van der Waals surface area contributed by atoms with Gasteiger partial charge in [0, 0.05) is 6.42 Å². The second-order valence-electron chi connectivity index (χ2n) is 6.69. The lowest BCUT2D eigenvalue weighted by Gasteiger charge is -2.15. The molecule has 0 saturated carbocycles. The van der Waals surface area contributed by atoms with Crippen molar-refractivity contribution >= 4 is 63.3 Å². The van der Waals surface area contributed by atoms with Crippen LogP contribution in [0.5, 0.6) is 0 Å². The number of amides is 2. The van der Waals surface area contributed by atoms with Crippen molar-refractivity contribution in [3.63, 3.8) is 0 Å². The summed E-state index contributed by atoms with van der Waals surface area (Å²) in [5, 5.41) is 3.23. The summed E-state index contributed by atoms with van der Waals surface area (Å²) in [5.41, 5.74) is 1.12. The molecule has 2 heterocycles. The Hall–Kier alpha value is -2.74. The molecule has 4 rings (SSSR count). The molecule has 3 aromatic rings. The van der Waals surface area contributed by atoms with Crippen molar-refractivity contribution in [3.05, 3.63) is 82.7 Å². The number of anilines is 1. The molecule has 2 aromatic carbocycles. The second kappa shape index (κ2) is 9.60. The molecule has 1 unspecified atom stereocenters. The molecule has 0 radical (unpaired) electrons. The first-order valence-corrected chi connectivity index (χ1v) is 11.0. The van der Waals surface area contributed by atoms with Crippen LogP contribution >= 0.6 is 35.0 Å². The van der Waals surface area contributed by atoms with Gasteiger partial charge in [-0.1, -0.05) is 59.2 Å². The molecule has 1 aliphatic rings. The lowest BCUT2D eigenvalue weighted by atomic mass is 10.2. The van der Waals surface area contributed by atoms with E-state index >= 15 is 0 Å². The summed E-state index contributed by atoms with van der Waals surface area (Å²) in [6.45, 7) is 0.239. The number of hydrogen-bond acceptors (Lipinski definition) is 5. The van der Waals surface area contributed by atoms with E-state index in [0.717, 1.165) is 5.69 Å². The Morgan fingerprint density at radius 3 is 2.65 bits per heavy atom. The lowest BCUT2D eigenvalue weighted by Crippen LogP contribution is -2.33. The van der Waals surface area contributed by atoms with Crippen LogP contribution in [-0.4, -0.2) is 27.1 Å². The second-order valence-corrected chi connectivity index (χ2v) is 8.65. The van der Waals surface area contributed by atoms with E-state index in [9.17, 15) is 9.59 Å². The topological polar surface area (TPSA) is 74.9 Å². The van der Waals surface area contributed by atoms with Crippen LogP contribution in [0.1, 0.15) is 12.2 Å². The summed E-state index contributed by atoms with van der Waals surface area (Å²) in [4.78, 5) is 31.9. The third-order valence-corrected chi connectivity index (χ3v) is 6.49. The van der Waals surface area contributed by atoms with Gasteiger partial charge in [0.25, 0.3) is 0 Å². The first kappa shape index (κ1) is 21.5. The number of carbonyl (C=O) groups excluding carboxylic acids is 2. The SMILES string of the molecule is O=C(CC1SC(=Nc2ccccc2)N(Cc2ccco2)C1=O)Nc1cccc(Cl)c1Cl. The molecule has 0 spiro atoms. The summed E-state index contributed by atoms with van der Waals surface area (Å²) >= 11 is 13.4. The highest BCUT2D eigenvalue weighted by atomic mass is 35.5. The van der Waals surface area contributed by atoms with Gasteiger partial charge in [-0.05, 0) is 36.4 Å². The van der Waals surface area contributed by atoms with Crippen molar-refractivity contribution in [1.29, 1.82) is 0 Å². The zero-order valence-electron chi connectivity index (χ0n) is 16.1. The first-order chi connectivity index (χ1) is 15.0. The van der Waals surface area contributed by atoms with Gasteiger partial charge in [-0.15, -0.1) is 0 Å². The Morgan fingerprint density at radius 1 is 1.10 bits per heavy atom. The van der Waals surface area contributed by atoms with E-state index in [4.69, 9.17) is 27.6 Å². The normalized spacial score (nSPS) is 17.4. The molecule has 0 bridgehead atoms. The van der Waals surface area contributed by atoms with Crippen LogP contribution in [0.3, 0.4) is 0 Å². The van der Waals surface area contributed by atoms with E-state index in [-0.39, 0.29) is 29.8 Å². The average molecular weight is 474 g/mol. The van der Waals surface area contributed by atoms with Crippen LogP contribution in [0, 0.1) is 0 Å². The molecule has 6 nitrogen and oxygen atoms in total. The van der Waals surface area contributed by atoms with Gasteiger partial charge < -0.3 is 9.73 Å². The number of rotatable bonds is 6. The van der Waals surface area contributed by atoms with Crippen LogP contribution in [0.15, 0.2) is 76.3 Å². The zero-order chi connectivity index (χ0) is 21.8. The molecule has 2 amide bonds. The molecule has 1 aliphatic heterocycles. The standard InChI is InChI=1S/C22H17Cl2N3O3S/c23-16-9-4-10-17(20(16)24)26-19(28)12-18-21(29)27(13-15-8-5-11-30-15)22(31-18)25-14-6-2-1-3-7-14/h1-11,18H,12-13H2,(H,26,28). The summed E-state index contributed by atoms with van der Waals surface area (Å²) in [6, 6.07) is 17.9. The molecule has 1 atom stereocenters. The Kier molecular flexibility index (Phi) is 6.65. The van der Waals surface area contributed by atoms with E-state index in [0.29, 0.717) is 21.6 Å². The molecule has 1 aromatic heterocycles. The minimum atomic E-state index is -0.615. The van der Waals surface area contributed by atoms with Crippen molar-refractivity contribution in [2.75, 3.05) is 5.32 Å². The average Bonchev–Trinajstić information content (AvgIpc) is 3.37. The van der Waals surface area contributed by atoms with Crippen LogP contribution < -0.4 is 5.32 Å². The first-order valence-electron chi connectivity index (χ1n) is 9.39. The van der Waals surface area contributed by atoms with Crippen LogP contribution in [0.4, 0.5) is 11.4 Å². The number of hydrogen-bond donors (Lipinski definition) is 1. The quantitative estimate of drug-likeness (QED) is 0.494. The highest BCUT2D eigenvalue weighted by molar-refractivity contribution is 8.15. The maximum Gasteiger partial charge on any atom is 0.243 e. The Bertz CT molecular complexity index is 1120. The van der Waals surface area contributed by atoms with E-state index in [1.807, 2.05) is 30.3 Å². The number of nitrogens with zero attached hydrogens (tertiary/aromatic N) is 2. The third-order valence-electron chi connectivity index (χ3n) is 4.49. The van der Waals surface area contributed by atoms with Crippen molar-refractivity contribution in [2.45, 2.75) is 18.2 Å². The summed E-state index contributed by atoms with van der Waals surface area (Å²) in [5.74, 6) is 0.0860. The fourth-order valence-electron chi connectivity index (χ4n) is 3.01. The molecular formula is C22H17Cl2N3O3S. The van der Waals surface area contributed by atoms with Crippen LogP contribution in [0.2, 0.25) is 10.0 Å². The third kappa shape index (κ3) is 5.12. The molecule has 31 heavy (non-hydrogen) atoms. The number of aliphatic imine (C=N–C) groups is 1. The Labute approximate surface area is 193 Å². The lowest BCUT2D eigenvalue weighted by molar-refractivity contribution is -0.128. The predicted octanol–water partition coefficient (Wildman–Crippen LogP) is 5.75. The number of furan rings is 1. The molecule has 1 saturated heterocycles. The van der Waals surface area contributed by atoms with Gasteiger partial charge in [0.15, 0.2) is 5.17 Å². The van der Waals surface area contributed by atoms with Crippen molar-refractivity contribution in [2.24, 2.45) is 4.99 Å². The predicted molar refractivity (Wildman–Crippen MR) is 124 cm³/mol. The highest BCUT2D eigenvalue weighted by Gasteiger charge is 2.39.